The number of hydrogen-bond acceptors (Lipinski definition) is 6. The molecule has 0 bridgehead atoms. The van der Waals surface area contributed by atoms with Crippen LogP contribution in [0.1, 0.15) is 65.1 Å². The molecule has 1 unspecified atom stereocenters. The van der Waals surface area contributed by atoms with Crippen molar-refractivity contribution in [3.05, 3.63) is 65.2 Å². The molecule has 0 radical (unpaired) electrons. The molecule has 0 aromatic heterocycles. The van der Waals surface area contributed by atoms with Crippen LogP contribution >= 0.6 is 0 Å². The van der Waals surface area contributed by atoms with Gasteiger partial charge in [-0.05, 0) is 95.7 Å². The van der Waals surface area contributed by atoms with Gasteiger partial charge in [-0.3, -0.25) is 9.59 Å². The Hall–Kier alpha value is -3.32. The molecule has 37 heavy (non-hydrogen) atoms. The van der Waals surface area contributed by atoms with E-state index in [1.165, 1.54) is 0 Å². The summed E-state index contributed by atoms with van der Waals surface area (Å²) in [4.78, 5) is 30.4. The quantitative estimate of drug-likeness (QED) is 0.234. The highest BCUT2D eigenvalue weighted by molar-refractivity contribution is 6.46. The summed E-state index contributed by atoms with van der Waals surface area (Å²) in [5, 5.41) is 11.3. The molecule has 200 valence electrons. The highest BCUT2D eigenvalue weighted by Gasteiger charge is 2.45. The largest absolute Gasteiger partial charge is 0.507 e. The zero-order chi connectivity index (χ0) is 27.1. The molecule has 0 aliphatic carbocycles. The predicted octanol–water partition coefficient (Wildman–Crippen LogP) is 5.41. The van der Waals surface area contributed by atoms with Crippen molar-refractivity contribution < 1.29 is 24.2 Å². The lowest BCUT2D eigenvalue weighted by Gasteiger charge is -2.27. The third-order valence-corrected chi connectivity index (χ3v) is 6.37. The third kappa shape index (κ3) is 6.92. The molecule has 1 heterocycles. The minimum atomic E-state index is -0.684. The molecule has 7 nitrogen and oxygen atoms in total. The molecule has 1 aliphatic heterocycles. The molecular weight excluding hydrogens is 468 g/mol. The number of carbonyl (C=O) groups excluding carboxylic acids is 2. The molecule has 1 amide bonds. The number of ketones is 1. The molecule has 0 saturated carbocycles. The molecular formula is C30H40N2O5. The normalized spacial score (nSPS) is 17.3. The van der Waals surface area contributed by atoms with E-state index in [0.717, 1.165) is 31.6 Å². The number of carbonyl (C=O) groups is 2. The van der Waals surface area contributed by atoms with Crippen molar-refractivity contribution in [1.29, 1.82) is 0 Å². The highest BCUT2D eigenvalue weighted by atomic mass is 16.5. The number of Topliss-reactive ketones (excluding diaryl/α,β-unsaturated/α-hetero) is 1. The number of hydrogen-bond donors (Lipinski definition) is 1. The maximum atomic E-state index is 13.3. The zero-order valence-electron chi connectivity index (χ0n) is 22.9. The van der Waals surface area contributed by atoms with Crippen LogP contribution in [0.3, 0.4) is 0 Å². The van der Waals surface area contributed by atoms with Gasteiger partial charge in [0.2, 0.25) is 0 Å². The summed E-state index contributed by atoms with van der Waals surface area (Å²) in [5.74, 6) is -0.0735. The van der Waals surface area contributed by atoms with Gasteiger partial charge in [0.25, 0.3) is 11.7 Å². The van der Waals surface area contributed by atoms with Crippen molar-refractivity contribution in [2.45, 2.75) is 66.2 Å². The fourth-order valence-corrected chi connectivity index (χ4v) is 4.58. The van der Waals surface area contributed by atoms with Crippen LogP contribution in [0.15, 0.2) is 54.1 Å². The first-order chi connectivity index (χ1) is 17.7. The Morgan fingerprint density at radius 3 is 1.89 bits per heavy atom. The minimum absolute atomic E-state index is 0.0174. The van der Waals surface area contributed by atoms with E-state index in [0.29, 0.717) is 23.6 Å². The molecule has 1 atom stereocenters. The number of nitrogens with zero attached hydrogens (tertiary/aromatic N) is 2. The van der Waals surface area contributed by atoms with Gasteiger partial charge in [0.05, 0.1) is 23.8 Å². The monoisotopic (exact) mass is 508 g/mol. The second kappa shape index (κ2) is 12.8. The van der Waals surface area contributed by atoms with Gasteiger partial charge in [0.15, 0.2) is 0 Å². The first-order valence-corrected chi connectivity index (χ1v) is 13.2. The predicted molar refractivity (Wildman–Crippen MR) is 146 cm³/mol. The second-order valence-corrected chi connectivity index (χ2v) is 9.80. The van der Waals surface area contributed by atoms with Crippen LogP contribution in [-0.2, 0) is 9.59 Å². The Bertz CT molecular complexity index is 1090. The maximum Gasteiger partial charge on any atom is 0.295 e. The van der Waals surface area contributed by atoms with Gasteiger partial charge in [0.1, 0.15) is 17.3 Å². The highest BCUT2D eigenvalue weighted by Crippen LogP contribution is 2.40. The van der Waals surface area contributed by atoms with Crippen molar-refractivity contribution in [3.8, 4) is 11.5 Å². The van der Waals surface area contributed by atoms with Gasteiger partial charge >= 0.3 is 0 Å². The van der Waals surface area contributed by atoms with Gasteiger partial charge < -0.3 is 24.4 Å². The van der Waals surface area contributed by atoms with E-state index in [4.69, 9.17) is 9.47 Å². The summed E-state index contributed by atoms with van der Waals surface area (Å²) in [6.45, 7) is 15.1. The fraction of sp³-hybridized carbons (Fsp3) is 0.467. The Morgan fingerprint density at radius 2 is 1.41 bits per heavy atom. The van der Waals surface area contributed by atoms with E-state index >= 15 is 0 Å². The first-order valence-electron chi connectivity index (χ1n) is 13.2. The van der Waals surface area contributed by atoms with Crippen LogP contribution in [-0.4, -0.2) is 65.0 Å². The molecule has 0 spiro atoms. The molecule has 1 fully saturated rings. The number of rotatable bonds is 12. The van der Waals surface area contributed by atoms with Crippen LogP contribution in [0.2, 0.25) is 0 Å². The number of benzene rings is 2. The number of aliphatic hydroxyl groups is 1. The van der Waals surface area contributed by atoms with Gasteiger partial charge in [0, 0.05) is 12.1 Å². The van der Waals surface area contributed by atoms with E-state index in [-0.39, 0.29) is 23.5 Å². The SMILES string of the molecule is CCN(CC)CCCN1C(=O)C(=O)C(=C(O)c2ccc(OC(C)C)cc2)C1c1ccc(OC(C)C)cc1. The smallest absolute Gasteiger partial charge is 0.295 e. The van der Waals surface area contributed by atoms with Crippen molar-refractivity contribution in [2.24, 2.45) is 0 Å². The summed E-state index contributed by atoms with van der Waals surface area (Å²) in [5.41, 5.74) is 1.31. The van der Waals surface area contributed by atoms with Crippen molar-refractivity contribution >= 4 is 17.4 Å². The molecule has 1 saturated heterocycles. The number of likely N-dealkylation sites (tertiary alicyclic amines) is 1. The van der Waals surface area contributed by atoms with Gasteiger partial charge in [-0.25, -0.2) is 0 Å². The van der Waals surface area contributed by atoms with Gasteiger partial charge in [-0.15, -0.1) is 0 Å². The average molecular weight is 509 g/mol. The van der Waals surface area contributed by atoms with Crippen molar-refractivity contribution in [1.82, 2.24) is 9.80 Å². The Kier molecular flexibility index (Phi) is 9.75. The topological polar surface area (TPSA) is 79.3 Å². The van der Waals surface area contributed by atoms with Crippen LogP contribution in [0.25, 0.3) is 5.76 Å². The number of aliphatic hydroxyl groups excluding tert-OH is 1. The van der Waals surface area contributed by atoms with E-state index in [1.54, 1.807) is 29.2 Å². The molecule has 3 rings (SSSR count). The van der Waals surface area contributed by atoms with E-state index in [1.807, 2.05) is 52.0 Å². The standard InChI is InChI=1S/C30H40N2O5/c1-7-31(8-2)18-9-19-32-27(22-10-14-24(15-11-22)36-20(3)4)26(29(34)30(32)35)28(33)23-12-16-25(17-13-23)37-21(5)6/h10-17,20-21,27,33H,7-9,18-19H2,1-6H3. The molecule has 2 aromatic carbocycles. The Balaban J connectivity index is 2.00. The Morgan fingerprint density at radius 1 is 0.892 bits per heavy atom. The van der Waals surface area contributed by atoms with Crippen LogP contribution < -0.4 is 9.47 Å². The summed E-state index contributed by atoms with van der Waals surface area (Å²) < 4.78 is 11.5. The Labute approximate surface area is 220 Å². The summed E-state index contributed by atoms with van der Waals surface area (Å²) >= 11 is 0. The molecule has 1 aliphatic rings. The third-order valence-electron chi connectivity index (χ3n) is 6.37. The van der Waals surface area contributed by atoms with Crippen LogP contribution in [0.5, 0.6) is 11.5 Å². The lowest BCUT2D eigenvalue weighted by Crippen LogP contribution is -2.33. The summed E-state index contributed by atoms with van der Waals surface area (Å²) in [7, 11) is 0. The second-order valence-electron chi connectivity index (χ2n) is 9.80. The first kappa shape index (κ1) is 28.3. The van der Waals surface area contributed by atoms with Gasteiger partial charge in [-0.1, -0.05) is 26.0 Å². The summed E-state index contributed by atoms with van der Waals surface area (Å²) in [6, 6.07) is 13.6. The fourth-order valence-electron chi connectivity index (χ4n) is 4.58. The maximum absolute atomic E-state index is 13.3. The van der Waals surface area contributed by atoms with Crippen molar-refractivity contribution in [2.75, 3.05) is 26.2 Å². The van der Waals surface area contributed by atoms with Crippen LogP contribution in [0, 0.1) is 0 Å². The van der Waals surface area contributed by atoms with Gasteiger partial charge in [-0.2, -0.15) is 0 Å². The van der Waals surface area contributed by atoms with E-state index in [2.05, 4.69) is 18.7 Å². The van der Waals surface area contributed by atoms with E-state index in [9.17, 15) is 14.7 Å². The minimum Gasteiger partial charge on any atom is -0.507 e. The summed E-state index contributed by atoms with van der Waals surface area (Å²) in [6.07, 6.45) is 0.768. The lowest BCUT2D eigenvalue weighted by atomic mass is 9.95. The number of amides is 1. The average Bonchev–Trinajstić information content (AvgIpc) is 3.11. The number of ether oxygens (including phenoxy) is 2. The molecule has 1 N–H and O–H groups in total. The lowest BCUT2D eigenvalue weighted by molar-refractivity contribution is -0.140. The molecule has 7 heteroatoms. The zero-order valence-corrected chi connectivity index (χ0v) is 22.9. The molecule has 2 aromatic rings. The van der Waals surface area contributed by atoms with E-state index < -0.39 is 17.7 Å². The van der Waals surface area contributed by atoms with Crippen LogP contribution in [0.4, 0.5) is 0 Å². The van der Waals surface area contributed by atoms with Crippen molar-refractivity contribution in [3.63, 3.8) is 0 Å².